The van der Waals surface area contributed by atoms with Crippen LogP contribution >= 0.6 is 11.3 Å². The van der Waals surface area contributed by atoms with Crippen molar-refractivity contribution in [3.05, 3.63) is 46.0 Å². The first-order valence-electron chi connectivity index (χ1n) is 5.55. The van der Waals surface area contributed by atoms with Crippen molar-refractivity contribution in [3.63, 3.8) is 0 Å². The molecular formula is C13H17NOS. The molecule has 2 nitrogen and oxygen atoms in total. The van der Waals surface area contributed by atoms with E-state index in [-0.39, 0.29) is 0 Å². The SMILES string of the molecule is CNC(CCc1ccco1)c1sccc1C. The minimum atomic E-state index is 0.435. The summed E-state index contributed by atoms with van der Waals surface area (Å²) >= 11 is 1.83. The van der Waals surface area contributed by atoms with Crippen molar-refractivity contribution in [1.29, 1.82) is 0 Å². The van der Waals surface area contributed by atoms with Crippen molar-refractivity contribution in [2.24, 2.45) is 0 Å². The van der Waals surface area contributed by atoms with E-state index in [4.69, 9.17) is 4.42 Å². The van der Waals surface area contributed by atoms with Crippen LogP contribution in [0.3, 0.4) is 0 Å². The lowest BCUT2D eigenvalue weighted by atomic mass is 10.1. The Morgan fingerprint density at radius 3 is 2.88 bits per heavy atom. The van der Waals surface area contributed by atoms with Crippen LogP contribution in [0.4, 0.5) is 0 Å². The van der Waals surface area contributed by atoms with Crippen LogP contribution < -0.4 is 5.32 Å². The van der Waals surface area contributed by atoms with Gasteiger partial charge in [-0.15, -0.1) is 11.3 Å². The molecule has 0 aliphatic rings. The summed E-state index contributed by atoms with van der Waals surface area (Å²) in [6.07, 6.45) is 3.79. The second kappa shape index (κ2) is 5.32. The Labute approximate surface area is 100 Å². The highest BCUT2D eigenvalue weighted by Gasteiger charge is 2.13. The summed E-state index contributed by atoms with van der Waals surface area (Å²) in [6, 6.07) is 6.59. The molecule has 16 heavy (non-hydrogen) atoms. The fraction of sp³-hybridized carbons (Fsp3) is 0.385. The third kappa shape index (κ3) is 2.54. The van der Waals surface area contributed by atoms with Gasteiger partial charge in [0.2, 0.25) is 0 Å². The quantitative estimate of drug-likeness (QED) is 0.857. The van der Waals surface area contributed by atoms with Crippen LogP contribution in [0.5, 0.6) is 0 Å². The number of thiophene rings is 1. The lowest BCUT2D eigenvalue weighted by Crippen LogP contribution is -2.16. The van der Waals surface area contributed by atoms with Gasteiger partial charge < -0.3 is 9.73 Å². The summed E-state index contributed by atoms with van der Waals surface area (Å²) in [5, 5.41) is 5.53. The molecule has 0 saturated carbocycles. The lowest BCUT2D eigenvalue weighted by molar-refractivity contribution is 0.471. The van der Waals surface area contributed by atoms with Gasteiger partial charge in [-0.1, -0.05) is 0 Å². The van der Waals surface area contributed by atoms with E-state index in [1.54, 1.807) is 6.26 Å². The van der Waals surface area contributed by atoms with Gasteiger partial charge in [0.05, 0.1) is 6.26 Å². The van der Waals surface area contributed by atoms with Crippen molar-refractivity contribution in [3.8, 4) is 0 Å². The van der Waals surface area contributed by atoms with E-state index >= 15 is 0 Å². The zero-order valence-corrected chi connectivity index (χ0v) is 10.5. The van der Waals surface area contributed by atoms with Gasteiger partial charge in [0.25, 0.3) is 0 Å². The number of rotatable bonds is 5. The second-order valence-electron chi connectivity index (χ2n) is 3.93. The number of aryl methyl sites for hydroxylation is 2. The van der Waals surface area contributed by atoms with E-state index in [9.17, 15) is 0 Å². The summed E-state index contributed by atoms with van der Waals surface area (Å²) in [5.41, 5.74) is 1.38. The Morgan fingerprint density at radius 1 is 1.44 bits per heavy atom. The maximum atomic E-state index is 5.35. The molecule has 1 unspecified atom stereocenters. The summed E-state index contributed by atoms with van der Waals surface area (Å²) in [6.45, 7) is 2.17. The first-order valence-corrected chi connectivity index (χ1v) is 6.43. The van der Waals surface area contributed by atoms with Gasteiger partial charge in [-0.25, -0.2) is 0 Å². The van der Waals surface area contributed by atoms with E-state index < -0.39 is 0 Å². The highest BCUT2D eigenvalue weighted by molar-refractivity contribution is 7.10. The molecule has 3 heteroatoms. The van der Waals surface area contributed by atoms with E-state index in [2.05, 4.69) is 23.7 Å². The molecule has 0 bridgehead atoms. The monoisotopic (exact) mass is 235 g/mol. The Bertz CT molecular complexity index is 419. The third-order valence-electron chi connectivity index (χ3n) is 2.83. The molecule has 0 radical (unpaired) electrons. The molecular weight excluding hydrogens is 218 g/mol. The van der Waals surface area contributed by atoms with Crippen molar-refractivity contribution < 1.29 is 4.42 Å². The molecule has 0 saturated heterocycles. The fourth-order valence-corrected chi connectivity index (χ4v) is 2.96. The second-order valence-corrected chi connectivity index (χ2v) is 4.87. The van der Waals surface area contributed by atoms with Gasteiger partial charge in [0, 0.05) is 17.3 Å². The third-order valence-corrected chi connectivity index (χ3v) is 3.96. The van der Waals surface area contributed by atoms with Gasteiger partial charge in [0.1, 0.15) is 5.76 Å². The molecule has 1 N–H and O–H groups in total. The van der Waals surface area contributed by atoms with Gasteiger partial charge in [0.15, 0.2) is 0 Å². The van der Waals surface area contributed by atoms with Crippen LogP contribution in [-0.2, 0) is 6.42 Å². The number of furan rings is 1. The highest BCUT2D eigenvalue weighted by Crippen LogP contribution is 2.27. The van der Waals surface area contributed by atoms with Crippen molar-refractivity contribution in [1.82, 2.24) is 5.32 Å². The van der Waals surface area contributed by atoms with Gasteiger partial charge in [-0.3, -0.25) is 0 Å². The summed E-state index contributed by atoms with van der Waals surface area (Å²) in [7, 11) is 2.02. The molecule has 0 amide bonds. The largest absolute Gasteiger partial charge is 0.469 e. The lowest BCUT2D eigenvalue weighted by Gasteiger charge is -2.15. The van der Waals surface area contributed by atoms with Crippen LogP contribution in [0.2, 0.25) is 0 Å². The number of hydrogen-bond acceptors (Lipinski definition) is 3. The molecule has 1 atom stereocenters. The molecule has 86 valence electrons. The Morgan fingerprint density at radius 2 is 2.31 bits per heavy atom. The van der Waals surface area contributed by atoms with Gasteiger partial charge in [-0.2, -0.15) is 0 Å². The molecule has 0 aromatic carbocycles. The van der Waals surface area contributed by atoms with Crippen molar-refractivity contribution in [2.45, 2.75) is 25.8 Å². The molecule has 0 fully saturated rings. The average Bonchev–Trinajstić information content (AvgIpc) is 2.92. The van der Waals surface area contributed by atoms with Gasteiger partial charge in [-0.05, 0) is 49.5 Å². The van der Waals surface area contributed by atoms with Crippen molar-refractivity contribution >= 4 is 11.3 Å². The van der Waals surface area contributed by atoms with Crippen LogP contribution in [0.15, 0.2) is 34.3 Å². The summed E-state index contributed by atoms with van der Waals surface area (Å²) in [4.78, 5) is 1.44. The Hall–Kier alpha value is -1.06. The highest BCUT2D eigenvalue weighted by atomic mass is 32.1. The minimum absolute atomic E-state index is 0.435. The van der Waals surface area contributed by atoms with Gasteiger partial charge >= 0.3 is 0 Å². The minimum Gasteiger partial charge on any atom is -0.469 e. The summed E-state index contributed by atoms with van der Waals surface area (Å²) in [5.74, 6) is 1.06. The van der Waals surface area contributed by atoms with E-state index in [0.717, 1.165) is 18.6 Å². The fourth-order valence-electron chi connectivity index (χ4n) is 1.89. The van der Waals surface area contributed by atoms with E-state index in [1.807, 2.05) is 30.5 Å². The molecule has 2 rings (SSSR count). The van der Waals surface area contributed by atoms with Crippen LogP contribution in [0.25, 0.3) is 0 Å². The van der Waals surface area contributed by atoms with E-state index in [0.29, 0.717) is 6.04 Å². The molecule has 2 aromatic rings. The molecule has 0 aliphatic carbocycles. The summed E-state index contributed by atoms with van der Waals surface area (Å²) < 4.78 is 5.35. The van der Waals surface area contributed by atoms with Crippen LogP contribution in [-0.4, -0.2) is 7.05 Å². The number of hydrogen-bond donors (Lipinski definition) is 1. The predicted molar refractivity (Wildman–Crippen MR) is 67.9 cm³/mol. The maximum Gasteiger partial charge on any atom is 0.103 e. The average molecular weight is 235 g/mol. The molecule has 2 heterocycles. The topological polar surface area (TPSA) is 25.2 Å². The van der Waals surface area contributed by atoms with Crippen LogP contribution in [0.1, 0.15) is 28.7 Å². The standard InChI is InChI=1S/C13H17NOS/c1-10-7-9-16-13(10)12(14-2)6-5-11-4-3-8-15-11/h3-4,7-9,12,14H,5-6H2,1-2H3. The normalized spacial score (nSPS) is 12.9. The Kier molecular flexibility index (Phi) is 3.80. The van der Waals surface area contributed by atoms with Crippen molar-refractivity contribution in [2.75, 3.05) is 7.05 Å². The Balaban J connectivity index is 1.99. The number of nitrogens with one attached hydrogen (secondary N) is 1. The maximum absolute atomic E-state index is 5.35. The first-order chi connectivity index (χ1) is 7.81. The van der Waals surface area contributed by atoms with Crippen LogP contribution in [0, 0.1) is 6.92 Å². The van der Waals surface area contributed by atoms with E-state index in [1.165, 1.54) is 10.4 Å². The molecule has 0 spiro atoms. The zero-order valence-electron chi connectivity index (χ0n) is 9.69. The smallest absolute Gasteiger partial charge is 0.103 e. The molecule has 0 aliphatic heterocycles. The first kappa shape index (κ1) is 11.4. The molecule has 2 aromatic heterocycles. The predicted octanol–water partition coefficient (Wildman–Crippen LogP) is 3.54. The zero-order chi connectivity index (χ0) is 11.4.